The Labute approximate surface area is 156 Å². The molecule has 1 amide bonds. The maximum atomic E-state index is 12.7. The molecule has 26 heavy (non-hydrogen) atoms. The number of benzene rings is 2. The van der Waals surface area contributed by atoms with Crippen LogP contribution in [-0.2, 0) is 4.79 Å². The normalized spacial score (nSPS) is 13.0. The van der Waals surface area contributed by atoms with Crippen LogP contribution >= 0.6 is 0 Å². The molecular formula is C22H29NO3. The molecule has 0 aliphatic rings. The van der Waals surface area contributed by atoms with Gasteiger partial charge in [-0.25, -0.2) is 0 Å². The monoisotopic (exact) mass is 355 g/mol. The van der Waals surface area contributed by atoms with Crippen molar-refractivity contribution in [3.05, 3.63) is 59.2 Å². The molecule has 0 aliphatic carbocycles. The van der Waals surface area contributed by atoms with Crippen LogP contribution in [-0.4, -0.2) is 19.1 Å². The van der Waals surface area contributed by atoms with Crippen molar-refractivity contribution in [1.82, 2.24) is 5.32 Å². The van der Waals surface area contributed by atoms with Gasteiger partial charge in [-0.05, 0) is 67.6 Å². The van der Waals surface area contributed by atoms with Gasteiger partial charge in [0.2, 0.25) is 0 Å². The Hall–Kier alpha value is -2.49. The van der Waals surface area contributed by atoms with Crippen LogP contribution in [0.2, 0.25) is 0 Å². The summed E-state index contributed by atoms with van der Waals surface area (Å²) in [4.78, 5) is 12.7. The third-order valence-corrected chi connectivity index (χ3v) is 4.66. The second kappa shape index (κ2) is 9.27. The standard InChI is InChI=1S/C22H29NO3/c1-6-20(17-9-12-18(25-5)13-10-17)23-22(24)21(7-2)26-19-11-8-15(3)16(4)14-19/h8-14,20-21H,6-7H2,1-5H3,(H,23,24)/t20-,21-/m1/s1. The summed E-state index contributed by atoms with van der Waals surface area (Å²) in [5, 5.41) is 3.11. The summed E-state index contributed by atoms with van der Waals surface area (Å²) in [5.41, 5.74) is 3.42. The van der Waals surface area contributed by atoms with E-state index < -0.39 is 6.10 Å². The van der Waals surface area contributed by atoms with Crippen molar-refractivity contribution in [2.45, 2.75) is 52.7 Å². The minimum absolute atomic E-state index is 0.0502. The molecule has 0 heterocycles. The third kappa shape index (κ3) is 5.01. The van der Waals surface area contributed by atoms with Gasteiger partial charge < -0.3 is 14.8 Å². The third-order valence-electron chi connectivity index (χ3n) is 4.66. The first-order valence-corrected chi connectivity index (χ1v) is 9.16. The SMILES string of the molecule is CC[C@@H](Oc1ccc(C)c(C)c1)C(=O)N[C@H](CC)c1ccc(OC)cc1. The second-order valence-electron chi connectivity index (χ2n) is 6.50. The molecule has 2 rings (SSSR count). The summed E-state index contributed by atoms with van der Waals surface area (Å²) in [5.74, 6) is 1.44. The average Bonchev–Trinajstić information content (AvgIpc) is 2.66. The van der Waals surface area contributed by atoms with Crippen molar-refractivity contribution in [3.63, 3.8) is 0 Å². The van der Waals surface area contributed by atoms with Gasteiger partial charge in [0.05, 0.1) is 13.2 Å². The number of methoxy groups -OCH3 is 1. The highest BCUT2D eigenvalue weighted by atomic mass is 16.5. The number of hydrogen-bond donors (Lipinski definition) is 1. The van der Waals surface area contributed by atoms with Crippen molar-refractivity contribution in [3.8, 4) is 11.5 Å². The summed E-state index contributed by atoms with van der Waals surface area (Å²) in [6, 6.07) is 13.6. The summed E-state index contributed by atoms with van der Waals surface area (Å²) in [6.07, 6.45) is 0.903. The summed E-state index contributed by atoms with van der Waals surface area (Å²) >= 11 is 0. The zero-order valence-electron chi connectivity index (χ0n) is 16.3. The van der Waals surface area contributed by atoms with Gasteiger partial charge in [0.1, 0.15) is 11.5 Å². The lowest BCUT2D eigenvalue weighted by Crippen LogP contribution is -2.39. The topological polar surface area (TPSA) is 47.6 Å². The molecule has 0 saturated heterocycles. The lowest BCUT2D eigenvalue weighted by atomic mass is 10.0. The van der Waals surface area contributed by atoms with Gasteiger partial charge in [-0.15, -0.1) is 0 Å². The molecule has 0 aliphatic heterocycles. The first-order chi connectivity index (χ1) is 12.5. The molecule has 4 heteroatoms. The number of hydrogen-bond acceptors (Lipinski definition) is 3. The molecule has 0 unspecified atom stereocenters. The van der Waals surface area contributed by atoms with Gasteiger partial charge in [0, 0.05) is 0 Å². The van der Waals surface area contributed by atoms with E-state index in [1.165, 1.54) is 5.56 Å². The van der Waals surface area contributed by atoms with Crippen LogP contribution < -0.4 is 14.8 Å². The number of nitrogens with one attached hydrogen (secondary N) is 1. The van der Waals surface area contributed by atoms with Crippen LogP contribution in [0.15, 0.2) is 42.5 Å². The maximum absolute atomic E-state index is 12.7. The van der Waals surface area contributed by atoms with E-state index in [4.69, 9.17) is 9.47 Å². The van der Waals surface area contributed by atoms with Gasteiger partial charge in [-0.3, -0.25) is 4.79 Å². The minimum Gasteiger partial charge on any atom is -0.497 e. The Bertz CT molecular complexity index is 725. The highest BCUT2D eigenvalue weighted by Gasteiger charge is 2.22. The van der Waals surface area contributed by atoms with Gasteiger partial charge >= 0.3 is 0 Å². The summed E-state index contributed by atoms with van der Waals surface area (Å²) in [7, 11) is 1.64. The van der Waals surface area contributed by atoms with Crippen molar-refractivity contribution in [2.75, 3.05) is 7.11 Å². The van der Waals surface area contributed by atoms with Crippen LogP contribution in [0.25, 0.3) is 0 Å². The molecule has 0 spiro atoms. The van der Waals surface area contributed by atoms with E-state index in [9.17, 15) is 4.79 Å². The van der Waals surface area contributed by atoms with Crippen LogP contribution in [0.5, 0.6) is 11.5 Å². The zero-order chi connectivity index (χ0) is 19.1. The van der Waals surface area contributed by atoms with E-state index in [2.05, 4.69) is 19.2 Å². The molecule has 0 aromatic heterocycles. The minimum atomic E-state index is -0.510. The average molecular weight is 355 g/mol. The second-order valence-corrected chi connectivity index (χ2v) is 6.50. The fourth-order valence-corrected chi connectivity index (χ4v) is 2.80. The molecule has 1 N–H and O–H groups in total. The Kier molecular flexibility index (Phi) is 7.07. The fourth-order valence-electron chi connectivity index (χ4n) is 2.80. The molecular weight excluding hydrogens is 326 g/mol. The fraction of sp³-hybridized carbons (Fsp3) is 0.409. The maximum Gasteiger partial charge on any atom is 0.261 e. The van der Waals surface area contributed by atoms with Crippen LogP contribution in [0.3, 0.4) is 0 Å². The molecule has 0 fully saturated rings. The van der Waals surface area contributed by atoms with Crippen molar-refractivity contribution >= 4 is 5.91 Å². The Balaban J connectivity index is 2.06. The molecule has 0 saturated carbocycles. The van der Waals surface area contributed by atoms with Gasteiger partial charge in [-0.1, -0.05) is 32.0 Å². The number of amides is 1. The van der Waals surface area contributed by atoms with E-state index in [0.717, 1.165) is 29.0 Å². The van der Waals surface area contributed by atoms with E-state index in [-0.39, 0.29) is 11.9 Å². The molecule has 4 nitrogen and oxygen atoms in total. The molecule has 2 aromatic rings. The first-order valence-electron chi connectivity index (χ1n) is 9.16. The van der Waals surface area contributed by atoms with E-state index >= 15 is 0 Å². The van der Waals surface area contributed by atoms with Gasteiger partial charge in [-0.2, -0.15) is 0 Å². The van der Waals surface area contributed by atoms with Crippen molar-refractivity contribution in [2.24, 2.45) is 0 Å². The zero-order valence-corrected chi connectivity index (χ0v) is 16.3. The Morgan fingerprint density at radius 3 is 2.15 bits per heavy atom. The number of ether oxygens (including phenoxy) is 2. The highest BCUT2D eigenvalue weighted by Crippen LogP contribution is 2.22. The number of rotatable bonds is 8. The van der Waals surface area contributed by atoms with Gasteiger partial charge in [0.25, 0.3) is 5.91 Å². The molecule has 2 atom stereocenters. The quantitative estimate of drug-likeness (QED) is 0.744. The lowest BCUT2D eigenvalue weighted by molar-refractivity contribution is -0.128. The number of carbonyl (C=O) groups is 1. The predicted octanol–water partition coefficient (Wildman–Crippen LogP) is 4.74. The van der Waals surface area contributed by atoms with E-state index in [0.29, 0.717) is 6.42 Å². The predicted molar refractivity (Wildman–Crippen MR) is 105 cm³/mol. The molecule has 140 valence electrons. The molecule has 0 bridgehead atoms. The lowest BCUT2D eigenvalue weighted by Gasteiger charge is -2.23. The van der Waals surface area contributed by atoms with Crippen LogP contribution in [0, 0.1) is 13.8 Å². The first kappa shape index (κ1) is 19.8. The van der Waals surface area contributed by atoms with Crippen molar-refractivity contribution < 1.29 is 14.3 Å². The van der Waals surface area contributed by atoms with Crippen LogP contribution in [0.1, 0.15) is 49.4 Å². The highest BCUT2D eigenvalue weighted by molar-refractivity contribution is 5.81. The summed E-state index contributed by atoms with van der Waals surface area (Å²) in [6.45, 7) is 8.11. The smallest absolute Gasteiger partial charge is 0.261 e. The van der Waals surface area contributed by atoms with E-state index in [1.54, 1.807) is 7.11 Å². The number of carbonyl (C=O) groups excluding carboxylic acids is 1. The largest absolute Gasteiger partial charge is 0.497 e. The molecule has 2 aromatic carbocycles. The Morgan fingerprint density at radius 2 is 1.62 bits per heavy atom. The molecule has 0 radical (unpaired) electrons. The van der Waals surface area contributed by atoms with E-state index in [1.807, 2.05) is 56.3 Å². The Morgan fingerprint density at radius 1 is 0.962 bits per heavy atom. The summed E-state index contributed by atoms with van der Waals surface area (Å²) < 4.78 is 11.1. The van der Waals surface area contributed by atoms with Crippen molar-refractivity contribution in [1.29, 1.82) is 0 Å². The van der Waals surface area contributed by atoms with Crippen LogP contribution in [0.4, 0.5) is 0 Å². The van der Waals surface area contributed by atoms with Gasteiger partial charge in [0.15, 0.2) is 6.10 Å². The number of aryl methyl sites for hydroxylation is 2.